The van der Waals surface area contributed by atoms with Crippen molar-refractivity contribution in [1.82, 2.24) is 5.32 Å². The zero-order valence-electron chi connectivity index (χ0n) is 21.6. The van der Waals surface area contributed by atoms with Gasteiger partial charge in [-0.15, -0.1) is 0 Å². The van der Waals surface area contributed by atoms with Gasteiger partial charge in [-0.1, -0.05) is 104 Å². The molecule has 0 saturated carbocycles. The van der Waals surface area contributed by atoms with E-state index < -0.39 is 0 Å². The molecule has 0 aliphatic rings. The van der Waals surface area contributed by atoms with Gasteiger partial charge in [0.1, 0.15) is 0 Å². The summed E-state index contributed by atoms with van der Waals surface area (Å²) in [4.78, 5) is 12.0. The molecule has 2 atom stereocenters. The minimum atomic E-state index is -0.298. The predicted octanol–water partition coefficient (Wildman–Crippen LogP) is 7.29. The number of unbranched alkanes of at least 4 members (excludes halogenated alkanes) is 14. The Morgan fingerprint density at radius 1 is 0.806 bits per heavy atom. The number of nitrogens with one attached hydrogen (secondary N) is 1. The molecule has 0 aromatic heterocycles. The summed E-state index contributed by atoms with van der Waals surface area (Å²) in [5, 5.41) is 3.03. The maximum absolute atomic E-state index is 12.0. The first-order chi connectivity index (χ1) is 15.0. The molecule has 4 heteroatoms. The van der Waals surface area contributed by atoms with Crippen LogP contribution in [0.5, 0.6) is 0 Å². The van der Waals surface area contributed by atoms with Gasteiger partial charge in [-0.05, 0) is 33.1 Å². The Morgan fingerprint density at radius 3 is 1.68 bits per heavy atom. The molecule has 0 aliphatic heterocycles. The largest absolute Gasteiger partial charge is 0.374 e. The van der Waals surface area contributed by atoms with Gasteiger partial charge in [-0.25, -0.2) is 0 Å². The lowest BCUT2D eigenvalue weighted by Gasteiger charge is -2.34. The van der Waals surface area contributed by atoms with Crippen LogP contribution in [0.2, 0.25) is 0 Å². The second kappa shape index (κ2) is 21.2. The molecule has 0 fully saturated rings. The van der Waals surface area contributed by atoms with Crippen molar-refractivity contribution >= 4 is 5.91 Å². The quantitative estimate of drug-likeness (QED) is 0.164. The van der Waals surface area contributed by atoms with E-state index in [1.165, 1.54) is 89.9 Å². The van der Waals surface area contributed by atoms with E-state index in [2.05, 4.69) is 26.1 Å². The first-order valence-electron chi connectivity index (χ1n) is 13.7. The fourth-order valence-electron chi connectivity index (χ4n) is 4.22. The van der Waals surface area contributed by atoms with Gasteiger partial charge < -0.3 is 15.8 Å². The SMILES string of the molecule is CCCCCCCCCCCCCCCCCC(=O)NCCC(N)C(C)(CC)OCC. The highest BCUT2D eigenvalue weighted by Gasteiger charge is 2.30. The molecule has 0 spiro atoms. The zero-order valence-corrected chi connectivity index (χ0v) is 21.6. The van der Waals surface area contributed by atoms with Gasteiger partial charge in [0.25, 0.3) is 0 Å². The van der Waals surface area contributed by atoms with Crippen LogP contribution in [0.15, 0.2) is 0 Å². The van der Waals surface area contributed by atoms with Crippen LogP contribution in [0.3, 0.4) is 0 Å². The van der Waals surface area contributed by atoms with Crippen LogP contribution in [0.4, 0.5) is 0 Å². The molecule has 0 bridgehead atoms. The minimum Gasteiger partial charge on any atom is -0.374 e. The molecule has 0 aromatic rings. The van der Waals surface area contributed by atoms with Gasteiger partial charge in [-0.3, -0.25) is 4.79 Å². The third kappa shape index (κ3) is 17.6. The number of carbonyl (C=O) groups is 1. The third-order valence-electron chi connectivity index (χ3n) is 6.75. The van der Waals surface area contributed by atoms with Gasteiger partial charge in [0, 0.05) is 25.6 Å². The smallest absolute Gasteiger partial charge is 0.219 e. The van der Waals surface area contributed by atoms with Crippen molar-refractivity contribution < 1.29 is 9.53 Å². The highest BCUT2D eigenvalue weighted by molar-refractivity contribution is 5.75. The predicted molar refractivity (Wildman–Crippen MR) is 135 cm³/mol. The van der Waals surface area contributed by atoms with E-state index in [9.17, 15) is 4.79 Å². The van der Waals surface area contributed by atoms with Crippen molar-refractivity contribution in [2.24, 2.45) is 5.73 Å². The number of hydrogen-bond donors (Lipinski definition) is 2. The summed E-state index contributed by atoms with van der Waals surface area (Å²) in [7, 11) is 0. The van der Waals surface area contributed by atoms with E-state index >= 15 is 0 Å². The molecule has 186 valence electrons. The molecule has 3 N–H and O–H groups in total. The van der Waals surface area contributed by atoms with Crippen LogP contribution in [0.25, 0.3) is 0 Å². The van der Waals surface area contributed by atoms with Crippen molar-refractivity contribution in [3.05, 3.63) is 0 Å². The van der Waals surface area contributed by atoms with Crippen LogP contribution in [-0.4, -0.2) is 30.7 Å². The number of amides is 1. The Morgan fingerprint density at radius 2 is 1.26 bits per heavy atom. The van der Waals surface area contributed by atoms with E-state index in [1.54, 1.807) is 0 Å². The normalized spacial score (nSPS) is 14.4. The lowest BCUT2D eigenvalue weighted by molar-refractivity contribution is -0.121. The summed E-state index contributed by atoms with van der Waals surface area (Å²) >= 11 is 0. The second-order valence-electron chi connectivity index (χ2n) is 9.54. The Balaban J connectivity index is 3.43. The average molecular weight is 441 g/mol. The molecular formula is C27H56N2O2. The Hall–Kier alpha value is -0.610. The van der Waals surface area contributed by atoms with Crippen LogP contribution in [0.1, 0.15) is 143 Å². The number of nitrogens with two attached hydrogens (primary N) is 1. The number of carbonyl (C=O) groups excluding carboxylic acids is 1. The number of hydrogen-bond acceptors (Lipinski definition) is 3. The summed E-state index contributed by atoms with van der Waals surface area (Å²) in [5.74, 6) is 0.163. The maximum atomic E-state index is 12.0. The van der Waals surface area contributed by atoms with E-state index in [4.69, 9.17) is 10.5 Å². The molecule has 0 rings (SSSR count). The highest BCUT2D eigenvalue weighted by atomic mass is 16.5. The van der Waals surface area contributed by atoms with Crippen LogP contribution >= 0.6 is 0 Å². The van der Waals surface area contributed by atoms with Gasteiger partial charge in [0.05, 0.1) is 5.60 Å². The molecule has 0 saturated heterocycles. The maximum Gasteiger partial charge on any atom is 0.219 e. The summed E-state index contributed by atoms with van der Waals surface area (Å²) < 4.78 is 5.82. The molecule has 2 unspecified atom stereocenters. The molecule has 0 heterocycles. The molecular weight excluding hydrogens is 384 g/mol. The van der Waals surface area contributed by atoms with E-state index in [0.29, 0.717) is 19.6 Å². The van der Waals surface area contributed by atoms with Gasteiger partial charge in [-0.2, -0.15) is 0 Å². The Bertz CT molecular complexity index is 403. The van der Waals surface area contributed by atoms with Crippen molar-refractivity contribution in [1.29, 1.82) is 0 Å². The second-order valence-corrected chi connectivity index (χ2v) is 9.54. The average Bonchev–Trinajstić information content (AvgIpc) is 2.76. The van der Waals surface area contributed by atoms with Crippen molar-refractivity contribution in [3.63, 3.8) is 0 Å². The van der Waals surface area contributed by atoms with Crippen molar-refractivity contribution in [3.8, 4) is 0 Å². The highest BCUT2D eigenvalue weighted by Crippen LogP contribution is 2.20. The summed E-state index contributed by atoms with van der Waals surface area (Å²) in [6, 6.07) is -0.0523. The summed E-state index contributed by atoms with van der Waals surface area (Å²) in [6.45, 7) is 9.76. The Labute approximate surface area is 194 Å². The fraction of sp³-hybridized carbons (Fsp3) is 0.963. The molecule has 0 aromatic carbocycles. The van der Waals surface area contributed by atoms with Crippen LogP contribution < -0.4 is 11.1 Å². The lowest BCUT2D eigenvalue weighted by atomic mass is 9.91. The first kappa shape index (κ1) is 30.4. The lowest BCUT2D eigenvalue weighted by Crippen LogP contribution is -2.49. The van der Waals surface area contributed by atoms with Crippen molar-refractivity contribution in [2.75, 3.05) is 13.2 Å². The van der Waals surface area contributed by atoms with E-state index in [0.717, 1.165) is 19.3 Å². The van der Waals surface area contributed by atoms with Crippen molar-refractivity contribution in [2.45, 2.75) is 155 Å². The Kier molecular flexibility index (Phi) is 20.8. The summed E-state index contributed by atoms with van der Waals surface area (Å²) in [6.07, 6.45) is 22.5. The van der Waals surface area contributed by atoms with Gasteiger partial charge in [0.2, 0.25) is 5.91 Å². The topological polar surface area (TPSA) is 64.4 Å². The van der Waals surface area contributed by atoms with E-state index in [-0.39, 0.29) is 17.6 Å². The molecule has 31 heavy (non-hydrogen) atoms. The third-order valence-corrected chi connectivity index (χ3v) is 6.75. The summed E-state index contributed by atoms with van der Waals surface area (Å²) in [5.41, 5.74) is 6.00. The minimum absolute atomic E-state index is 0.0523. The fourth-order valence-corrected chi connectivity index (χ4v) is 4.22. The number of ether oxygens (including phenoxy) is 1. The first-order valence-corrected chi connectivity index (χ1v) is 13.7. The van der Waals surface area contributed by atoms with E-state index in [1.807, 2.05) is 6.92 Å². The standard InChI is InChI=1S/C27H56N2O2/c1-5-8-9-10-11-12-13-14-15-16-17-18-19-20-21-22-26(30)29-24-23-25(28)27(4,6-2)31-7-3/h25H,5-24,28H2,1-4H3,(H,29,30). The monoisotopic (exact) mass is 440 g/mol. The molecule has 1 amide bonds. The number of rotatable bonds is 23. The molecule has 4 nitrogen and oxygen atoms in total. The van der Waals surface area contributed by atoms with Gasteiger partial charge in [0.15, 0.2) is 0 Å². The van der Waals surface area contributed by atoms with Gasteiger partial charge >= 0.3 is 0 Å². The molecule has 0 radical (unpaired) electrons. The van der Waals surface area contributed by atoms with Crippen LogP contribution in [0, 0.1) is 0 Å². The van der Waals surface area contributed by atoms with Crippen LogP contribution in [-0.2, 0) is 9.53 Å². The zero-order chi connectivity index (χ0) is 23.2. The molecule has 0 aliphatic carbocycles.